The highest BCUT2D eigenvalue weighted by Crippen LogP contribution is 2.41. The molecule has 5 rings (SSSR count). The number of piperidine rings is 1. The number of carbonyl (C=O) groups is 2. The van der Waals surface area contributed by atoms with Crippen LogP contribution in [0.15, 0.2) is 36.4 Å². The van der Waals surface area contributed by atoms with Crippen LogP contribution < -0.4 is 4.74 Å². The number of benzene rings is 2. The van der Waals surface area contributed by atoms with Gasteiger partial charge in [-0.3, -0.25) is 9.59 Å². The van der Waals surface area contributed by atoms with E-state index in [1.807, 2.05) is 19.9 Å². The molecular weight excluding hydrogens is 463 g/mol. The van der Waals surface area contributed by atoms with Gasteiger partial charge in [0.05, 0.1) is 17.7 Å². The van der Waals surface area contributed by atoms with Gasteiger partial charge in [-0.2, -0.15) is 0 Å². The lowest BCUT2D eigenvalue weighted by Crippen LogP contribution is -2.52. The molecular formula is C25H22ClFN2O3S. The maximum absolute atomic E-state index is 13.2. The number of halogens is 2. The molecule has 3 heterocycles. The van der Waals surface area contributed by atoms with Gasteiger partial charge in [0.25, 0.3) is 5.91 Å². The average molecular weight is 485 g/mol. The summed E-state index contributed by atoms with van der Waals surface area (Å²) in [6, 6.07) is 9.61. The Balaban J connectivity index is 1.31. The Kier molecular flexibility index (Phi) is 5.49. The number of hydrogen-bond donors (Lipinski definition) is 0. The molecule has 2 aromatic carbocycles. The van der Waals surface area contributed by atoms with Crippen molar-refractivity contribution in [1.82, 2.24) is 9.88 Å². The van der Waals surface area contributed by atoms with Crippen molar-refractivity contribution in [3.05, 3.63) is 68.9 Å². The molecule has 170 valence electrons. The minimum atomic E-state index is -0.594. The third-order valence-electron chi connectivity index (χ3n) is 6.41. The summed E-state index contributed by atoms with van der Waals surface area (Å²) in [7, 11) is 0. The molecule has 1 fully saturated rings. The second kappa shape index (κ2) is 8.22. The first-order chi connectivity index (χ1) is 15.7. The fraction of sp³-hybridized carbons (Fsp3) is 0.320. The lowest BCUT2D eigenvalue weighted by Gasteiger charge is -2.44. The van der Waals surface area contributed by atoms with Crippen LogP contribution in [0.4, 0.5) is 4.39 Å². The normalized spacial score (nSPS) is 17.1. The number of likely N-dealkylation sites (tertiary alicyclic amines) is 1. The highest BCUT2D eigenvalue weighted by molar-refractivity contribution is 7.17. The summed E-state index contributed by atoms with van der Waals surface area (Å²) in [6.07, 6.45) is 1.44. The van der Waals surface area contributed by atoms with Gasteiger partial charge in [0, 0.05) is 36.5 Å². The lowest BCUT2D eigenvalue weighted by molar-refractivity contribution is -0.00563. The fourth-order valence-electron chi connectivity index (χ4n) is 4.47. The van der Waals surface area contributed by atoms with Crippen molar-refractivity contribution in [2.75, 3.05) is 13.1 Å². The molecule has 33 heavy (non-hydrogen) atoms. The van der Waals surface area contributed by atoms with E-state index in [9.17, 15) is 14.0 Å². The van der Waals surface area contributed by atoms with Crippen LogP contribution in [0.3, 0.4) is 0 Å². The first-order valence-electron chi connectivity index (χ1n) is 10.8. The second-order valence-electron chi connectivity index (χ2n) is 8.72. The van der Waals surface area contributed by atoms with Crippen molar-refractivity contribution in [3.63, 3.8) is 0 Å². The molecule has 0 atom stereocenters. The number of nitrogens with zero attached hydrogens (tertiary/aromatic N) is 2. The zero-order valence-corrected chi connectivity index (χ0v) is 19.9. The Hall–Kier alpha value is -2.77. The van der Waals surface area contributed by atoms with Crippen molar-refractivity contribution in [2.24, 2.45) is 0 Å². The van der Waals surface area contributed by atoms with Crippen molar-refractivity contribution < 1.29 is 18.7 Å². The molecule has 0 bridgehead atoms. The van der Waals surface area contributed by atoms with E-state index >= 15 is 0 Å². The Bertz CT molecular complexity index is 1260. The number of amides is 1. The first kappa shape index (κ1) is 22.0. The summed E-state index contributed by atoms with van der Waals surface area (Å²) in [4.78, 5) is 33.0. The van der Waals surface area contributed by atoms with Crippen LogP contribution in [0, 0.1) is 19.7 Å². The Labute approximate surface area is 200 Å². The van der Waals surface area contributed by atoms with E-state index in [0.717, 1.165) is 11.1 Å². The van der Waals surface area contributed by atoms with Crippen LogP contribution in [-0.4, -0.2) is 40.3 Å². The van der Waals surface area contributed by atoms with E-state index in [1.165, 1.54) is 23.5 Å². The molecule has 0 aliphatic carbocycles. The number of ketones is 1. The van der Waals surface area contributed by atoms with E-state index in [0.29, 0.717) is 57.8 Å². The van der Waals surface area contributed by atoms with Crippen LogP contribution in [-0.2, 0) is 0 Å². The van der Waals surface area contributed by atoms with Crippen molar-refractivity contribution >= 4 is 34.6 Å². The number of carbonyl (C=O) groups excluding carboxylic acids is 2. The van der Waals surface area contributed by atoms with Crippen LogP contribution in [0.25, 0.3) is 10.6 Å². The van der Waals surface area contributed by atoms with Crippen LogP contribution >= 0.6 is 22.9 Å². The highest BCUT2D eigenvalue weighted by Gasteiger charge is 2.44. The van der Waals surface area contributed by atoms with Gasteiger partial charge in [-0.05, 0) is 55.8 Å². The SMILES string of the molecule is Cc1cc2c(cc1Cl)C(=O)CC1(CCN(C(=O)c3sc(-c4ccc(F)cc4)nc3C)CC1)O2. The molecule has 1 spiro atoms. The number of hydrogen-bond acceptors (Lipinski definition) is 5. The maximum Gasteiger partial charge on any atom is 0.265 e. The third-order valence-corrected chi connectivity index (χ3v) is 8.02. The van der Waals surface area contributed by atoms with Gasteiger partial charge in [-0.1, -0.05) is 11.6 Å². The topological polar surface area (TPSA) is 59.5 Å². The molecule has 0 radical (unpaired) electrons. The molecule has 0 N–H and O–H groups in total. The van der Waals surface area contributed by atoms with E-state index < -0.39 is 5.60 Å². The molecule has 0 saturated carbocycles. The van der Waals surface area contributed by atoms with Gasteiger partial charge in [-0.15, -0.1) is 11.3 Å². The number of aromatic nitrogens is 1. The minimum Gasteiger partial charge on any atom is -0.486 e. The number of thiazole rings is 1. The van der Waals surface area contributed by atoms with Crippen LogP contribution in [0.1, 0.15) is 50.5 Å². The molecule has 2 aliphatic heterocycles. The van der Waals surface area contributed by atoms with E-state index in [-0.39, 0.29) is 23.9 Å². The van der Waals surface area contributed by atoms with Gasteiger partial charge in [0.2, 0.25) is 0 Å². The summed E-state index contributed by atoms with van der Waals surface area (Å²) in [5, 5.41) is 1.25. The molecule has 1 saturated heterocycles. The van der Waals surface area contributed by atoms with Crippen molar-refractivity contribution in [3.8, 4) is 16.3 Å². The molecule has 1 amide bonds. The van der Waals surface area contributed by atoms with Crippen LogP contribution in [0.2, 0.25) is 5.02 Å². The van der Waals surface area contributed by atoms with E-state index in [2.05, 4.69) is 4.98 Å². The molecule has 5 nitrogen and oxygen atoms in total. The number of Topliss-reactive ketones (excluding diaryl/α,β-unsaturated/α-hetero) is 1. The molecule has 2 aliphatic rings. The standard InChI is InChI=1S/C25H22ClFN2O3S/c1-14-11-21-18(12-19(14)26)20(30)13-25(32-21)7-9-29(10-8-25)24(31)22-15(2)28-23(33-22)16-3-5-17(27)6-4-16/h3-6,11-12H,7-10,13H2,1-2H3. The number of fused-ring (bicyclic) bond motifs is 1. The highest BCUT2D eigenvalue weighted by atomic mass is 35.5. The van der Waals surface area contributed by atoms with Gasteiger partial charge < -0.3 is 9.64 Å². The number of rotatable bonds is 2. The largest absolute Gasteiger partial charge is 0.486 e. The quantitative estimate of drug-likeness (QED) is 0.457. The number of aryl methyl sites for hydroxylation is 2. The van der Waals surface area contributed by atoms with E-state index in [1.54, 1.807) is 23.1 Å². The molecule has 1 aromatic heterocycles. The van der Waals surface area contributed by atoms with E-state index in [4.69, 9.17) is 16.3 Å². The zero-order chi connectivity index (χ0) is 23.3. The van der Waals surface area contributed by atoms with Gasteiger partial charge in [0.1, 0.15) is 27.1 Å². The van der Waals surface area contributed by atoms with Crippen molar-refractivity contribution in [1.29, 1.82) is 0 Å². The lowest BCUT2D eigenvalue weighted by atomic mass is 9.82. The maximum atomic E-state index is 13.2. The van der Waals surface area contributed by atoms with Gasteiger partial charge in [-0.25, -0.2) is 9.37 Å². The summed E-state index contributed by atoms with van der Waals surface area (Å²) in [5.41, 5.74) is 2.25. The molecule has 8 heteroatoms. The smallest absolute Gasteiger partial charge is 0.265 e. The minimum absolute atomic E-state index is 0.0279. The van der Waals surface area contributed by atoms with Crippen LogP contribution in [0.5, 0.6) is 5.75 Å². The summed E-state index contributed by atoms with van der Waals surface area (Å²) in [5.74, 6) is 0.226. The third kappa shape index (κ3) is 4.04. The van der Waals surface area contributed by atoms with Gasteiger partial charge in [0.15, 0.2) is 5.78 Å². The molecule has 0 unspecified atom stereocenters. The Morgan fingerprint density at radius 2 is 1.88 bits per heavy atom. The predicted octanol–water partition coefficient (Wildman–Crippen LogP) is 5.86. The fourth-order valence-corrected chi connectivity index (χ4v) is 5.67. The Morgan fingerprint density at radius 3 is 2.58 bits per heavy atom. The summed E-state index contributed by atoms with van der Waals surface area (Å²) < 4.78 is 19.6. The first-order valence-corrected chi connectivity index (χ1v) is 12.0. The Morgan fingerprint density at radius 1 is 1.18 bits per heavy atom. The summed E-state index contributed by atoms with van der Waals surface area (Å²) in [6.45, 7) is 4.70. The zero-order valence-electron chi connectivity index (χ0n) is 18.3. The predicted molar refractivity (Wildman–Crippen MR) is 126 cm³/mol. The second-order valence-corrected chi connectivity index (χ2v) is 10.1. The monoisotopic (exact) mass is 484 g/mol. The molecule has 3 aromatic rings. The summed E-state index contributed by atoms with van der Waals surface area (Å²) >= 11 is 7.51. The average Bonchev–Trinajstić information content (AvgIpc) is 3.17. The van der Waals surface area contributed by atoms with Gasteiger partial charge >= 0.3 is 0 Å². The van der Waals surface area contributed by atoms with Crippen molar-refractivity contribution in [2.45, 2.75) is 38.7 Å². The number of ether oxygens (including phenoxy) is 1.